The minimum atomic E-state index is -0.546. The number of carbonyl (C=O) groups excluding carboxylic acids is 1. The van der Waals surface area contributed by atoms with Crippen LogP contribution < -0.4 is 15.2 Å². The van der Waals surface area contributed by atoms with Crippen LogP contribution in [-0.4, -0.2) is 22.6 Å². The first-order valence-electron chi connectivity index (χ1n) is 12.2. The molecular weight excluding hydrogens is 460 g/mol. The van der Waals surface area contributed by atoms with E-state index in [0.717, 1.165) is 19.3 Å². The fourth-order valence-corrected chi connectivity index (χ4v) is 3.77. The fourth-order valence-electron chi connectivity index (χ4n) is 3.77. The average molecular weight is 493 g/mol. The van der Waals surface area contributed by atoms with Gasteiger partial charge in [0.05, 0.1) is 23.7 Å². The van der Waals surface area contributed by atoms with Crippen molar-refractivity contribution in [1.82, 2.24) is 0 Å². The third-order valence-corrected chi connectivity index (χ3v) is 5.83. The van der Waals surface area contributed by atoms with E-state index in [1.54, 1.807) is 48.5 Å². The number of benzene rings is 3. The van der Waals surface area contributed by atoms with Crippen LogP contribution in [-0.2, 0) is 6.61 Å². The van der Waals surface area contributed by atoms with Gasteiger partial charge in [0.25, 0.3) is 0 Å². The van der Waals surface area contributed by atoms with Gasteiger partial charge in [-0.15, -0.1) is 0 Å². The first-order chi connectivity index (χ1) is 17.4. The quantitative estimate of drug-likeness (QED) is 0.0717. The SMILES string of the molecule is CCCCCCCCOc1cc(N)c(-c2ccc(C(=O)Oc3ccc(CO)cc3)cc2)cc1[N+](=O)[O-]. The molecule has 0 heterocycles. The molecule has 3 rings (SSSR count). The van der Waals surface area contributed by atoms with Gasteiger partial charge in [0.15, 0.2) is 5.75 Å². The van der Waals surface area contributed by atoms with Gasteiger partial charge in [-0.1, -0.05) is 63.3 Å². The molecule has 0 radical (unpaired) electrons. The summed E-state index contributed by atoms with van der Waals surface area (Å²) in [6.07, 6.45) is 6.55. The Morgan fingerprint density at radius 1 is 0.972 bits per heavy atom. The summed E-state index contributed by atoms with van der Waals surface area (Å²) >= 11 is 0. The molecule has 0 aliphatic carbocycles. The molecule has 0 aromatic heterocycles. The van der Waals surface area contributed by atoms with E-state index in [-0.39, 0.29) is 18.0 Å². The number of hydrogen-bond donors (Lipinski definition) is 2. The Morgan fingerprint density at radius 2 is 1.64 bits per heavy atom. The van der Waals surface area contributed by atoms with Gasteiger partial charge in [0, 0.05) is 23.4 Å². The zero-order valence-electron chi connectivity index (χ0n) is 20.4. The number of aliphatic hydroxyl groups is 1. The lowest BCUT2D eigenvalue weighted by molar-refractivity contribution is -0.385. The second-order valence-electron chi connectivity index (χ2n) is 8.55. The van der Waals surface area contributed by atoms with E-state index in [1.807, 2.05) is 0 Å². The minimum Gasteiger partial charge on any atom is -0.487 e. The molecular formula is C28H32N2O6. The number of aliphatic hydroxyl groups excluding tert-OH is 1. The van der Waals surface area contributed by atoms with Crippen LogP contribution in [0.15, 0.2) is 60.7 Å². The lowest BCUT2D eigenvalue weighted by Gasteiger charge is -2.12. The van der Waals surface area contributed by atoms with Crippen molar-refractivity contribution in [3.63, 3.8) is 0 Å². The lowest BCUT2D eigenvalue weighted by atomic mass is 10.0. The van der Waals surface area contributed by atoms with Crippen molar-refractivity contribution < 1.29 is 24.3 Å². The number of nitrogens with two attached hydrogens (primary N) is 1. The van der Waals surface area contributed by atoms with E-state index < -0.39 is 10.9 Å². The third kappa shape index (κ3) is 7.29. The van der Waals surface area contributed by atoms with Gasteiger partial charge in [-0.3, -0.25) is 10.1 Å². The molecule has 3 aromatic rings. The highest BCUT2D eigenvalue weighted by Gasteiger charge is 2.20. The number of esters is 1. The van der Waals surface area contributed by atoms with Gasteiger partial charge in [0.2, 0.25) is 0 Å². The highest BCUT2D eigenvalue weighted by atomic mass is 16.6. The number of nitrogens with zero attached hydrogens (tertiary/aromatic N) is 1. The van der Waals surface area contributed by atoms with Crippen LogP contribution in [0.3, 0.4) is 0 Å². The molecule has 0 fully saturated rings. The molecule has 36 heavy (non-hydrogen) atoms. The molecule has 3 N–H and O–H groups in total. The topological polar surface area (TPSA) is 125 Å². The van der Waals surface area contributed by atoms with Crippen molar-refractivity contribution >= 4 is 17.3 Å². The van der Waals surface area contributed by atoms with Crippen molar-refractivity contribution in [2.45, 2.75) is 52.1 Å². The molecule has 190 valence electrons. The Labute approximate surface area is 210 Å². The molecule has 0 aliphatic heterocycles. The van der Waals surface area contributed by atoms with Crippen LogP contribution in [0.25, 0.3) is 11.1 Å². The van der Waals surface area contributed by atoms with E-state index >= 15 is 0 Å². The molecule has 0 atom stereocenters. The molecule has 8 heteroatoms. The van der Waals surface area contributed by atoms with Crippen LogP contribution in [0.4, 0.5) is 11.4 Å². The van der Waals surface area contributed by atoms with Crippen LogP contribution in [0.5, 0.6) is 11.5 Å². The largest absolute Gasteiger partial charge is 0.487 e. The Kier molecular flexibility index (Phi) is 9.82. The maximum atomic E-state index is 12.5. The Balaban J connectivity index is 1.68. The van der Waals surface area contributed by atoms with E-state index in [9.17, 15) is 14.9 Å². The van der Waals surface area contributed by atoms with E-state index in [1.165, 1.54) is 31.4 Å². The summed E-state index contributed by atoms with van der Waals surface area (Å²) in [4.78, 5) is 23.7. The van der Waals surface area contributed by atoms with Gasteiger partial charge >= 0.3 is 11.7 Å². The lowest BCUT2D eigenvalue weighted by Crippen LogP contribution is -2.08. The summed E-state index contributed by atoms with van der Waals surface area (Å²) in [6.45, 7) is 2.47. The number of nitrogen functional groups attached to an aromatic ring is 1. The molecule has 0 bridgehead atoms. The third-order valence-electron chi connectivity index (χ3n) is 5.83. The van der Waals surface area contributed by atoms with Crippen molar-refractivity contribution in [3.05, 3.63) is 81.9 Å². The monoisotopic (exact) mass is 492 g/mol. The summed E-state index contributed by atoms with van der Waals surface area (Å²) in [5, 5.41) is 20.8. The Hall–Kier alpha value is -3.91. The van der Waals surface area contributed by atoms with Crippen molar-refractivity contribution in [2.75, 3.05) is 12.3 Å². The number of ether oxygens (including phenoxy) is 2. The normalized spacial score (nSPS) is 10.7. The zero-order chi connectivity index (χ0) is 25.9. The van der Waals surface area contributed by atoms with Gasteiger partial charge in [-0.25, -0.2) is 4.79 Å². The van der Waals surface area contributed by atoms with Gasteiger partial charge in [-0.05, 0) is 41.8 Å². The number of carbonyl (C=O) groups is 1. The van der Waals surface area contributed by atoms with E-state index in [2.05, 4.69) is 6.92 Å². The minimum absolute atomic E-state index is 0.0940. The van der Waals surface area contributed by atoms with Gasteiger partial charge < -0.3 is 20.3 Å². The number of rotatable bonds is 13. The number of hydrogen-bond acceptors (Lipinski definition) is 7. The molecule has 0 saturated carbocycles. The Bertz CT molecular complexity index is 1160. The molecule has 3 aromatic carbocycles. The number of nitro groups is 1. The van der Waals surface area contributed by atoms with Gasteiger partial charge in [-0.2, -0.15) is 0 Å². The van der Waals surface area contributed by atoms with Crippen molar-refractivity contribution in [1.29, 1.82) is 0 Å². The summed E-state index contributed by atoms with van der Waals surface area (Å²) < 4.78 is 11.1. The first kappa shape index (κ1) is 26.7. The smallest absolute Gasteiger partial charge is 0.343 e. The first-order valence-corrected chi connectivity index (χ1v) is 12.2. The maximum Gasteiger partial charge on any atom is 0.343 e. The summed E-state index contributed by atoms with van der Waals surface area (Å²) in [5.74, 6) is -0.0318. The molecule has 0 unspecified atom stereocenters. The number of anilines is 1. The number of nitro benzene ring substituents is 1. The van der Waals surface area contributed by atoms with Gasteiger partial charge in [0.1, 0.15) is 5.75 Å². The molecule has 0 aliphatic rings. The molecule has 0 saturated heterocycles. The van der Waals surface area contributed by atoms with Crippen LogP contribution in [0.2, 0.25) is 0 Å². The van der Waals surface area contributed by atoms with E-state index in [4.69, 9.17) is 20.3 Å². The maximum absolute atomic E-state index is 12.5. The van der Waals surface area contributed by atoms with Crippen LogP contribution in [0, 0.1) is 10.1 Å². The van der Waals surface area contributed by atoms with Crippen molar-refractivity contribution in [3.8, 4) is 22.6 Å². The summed E-state index contributed by atoms with van der Waals surface area (Å²) in [7, 11) is 0. The standard InChI is InChI=1S/C28H32N2O6/c1-2-3-4-5-6-7-16-35-27-18-25(29)24(17-26(27)30(33)34)21-10-12-22(13-11-21)28(32)36-23-14-8-20(19-31)9-15-23/h8-15,17-18,31H,2-7,16,19,29H2,1H3. The second kappa shape index (κ2) is 13.3. The molecule has 0 spiro atoms. The predicted molar refractivity (Wildman–Crippen MR) is 139 cm³/mol. The Morgan fingerprint density at radius 3 is 2.28 bits per heavy atom. The highest BCUT2D eigenvalue weighted by molar-refractivity contribution is 5.92. The average Bonchev–Trinajstić information content (AvgIpc) is 2.88. The highest BCUT2D eigenvalue weighted by Crippen LogP contribution is 2.37. The predicted octanol–water partition coefficient (Wildman–Crippen LogP) is 6.29. The zero-order valence-corrected chi connectivity index (χ0v) is 20.4. The second-order valence-corrected chi connectivity index (χ2v) is 8.55. The van der Waals surface area contributed by atoms with Crippen molar-refractivity contribution in [2.24, 2.45) is 0 Å². The molecule has 0 amide bonds. The number of unbranched alkanes of at least 4 members (excludes halogenated alkanes) is 5. The van der Waals surface area contributed by atoms with Crippen LogP contribution >= 0.6 is 0 Å². The summed E-state index contributed by atoms with van der Waals surface area (Å²) in [5.41, 5.74) is 8.55. The van der Waals surface area contributed by atoms with Crippen LogP contribution in [0.1, 0.15) is 61.4 Å². The molecule has 8 nitrogen and oxygen atoms in total. The fraction of sp³-hybridized carbons (Fsp3) is 0.321. The summed E-state index contributed by atoms with van der Waals surface area (Å²) in [6, 6.07) is 15.9. The van der Waals surface area contributed by atoms with E-state index in [0.29, 0.717) is 40.3 Å².